The summed E-state index contributed by atoms with van der Waals surface area (Å²) in [4.78, 5) is 12.9. The van der Waals surface area contributed by atoms with Crippen LogP contribution in [0.3, 0.4) is 0 Å². The number of aromatic hydroxyl groups is 1. The molecule has 0 saturated carbocycles. The van der Waals surface area contributed by atoms with Gasteiger partial charge in [-0.3, -0.25) is 4.79 Å². The molecule has 0 bridgehead atoms. The minimum Gasteiger partial charge on any atom is -0.504 e. The highest BCUT2D eigenvalue weighted by Crippen LogP contribution is 2.37. The SMILES string of the molecule is CCc1cc(C(=O)C2=Cc3cccc(O)c3OC2)cc(OC)c1OC. The summed E-state index contributed by atoms with van der Waals surface area (Å²) in [5.74, 6) is 1.51. The van der Waals surface area contributed by atoms with Crippen LogP contribution in [-0.4, -0.2) is 31.7 Å². The molecule has 1 aliphatic heterocycles. The molecule has 3 rings (SSSR count). The van der Waals surface area contributed by atoms with Crippen molar-refractivity contribution >= 4 is 11.9 Å². The maximum absolute atomic E-state index is 12.9. The maximum Gasteiger partial charge on any atom is 0.192 e. The van der Waals surface area contributed by atoms with E-state index in [0.29, 0.717) is 40.4 Å². The van der Waals surface area contributed by atoms with Crippen LogP contribution in [0.2, 0.25) is 0 Å². The number of hydrogen-bond donors (Lipinski definition) is 1. The summed E-state index contributed by atoms with van der Waals surface area (Å²) in [5.41, 5.74) is 2.63. The van der Waals surface area contributed by atoms with Gasteiger partial charge in [-0.1, -0.05) is 19.1 Å². The normalized spacial score (nSPS) is 12.7. The Balaban J connectivity index is 2.02. The number of Topliss-reactive ketones (excluding diaryl/α,β-unsaturated/α-hetero) is 1. The number of para-hydroxylation sites is 1. The monoisotopic (exact) mass is 340 g/mol. The van der Waals surface area contributed by atoms with E-state index in [4.69, 9.17) is 14.2 Å². The highest BCUT2D eigenvalue weighted by atomic mass is 16.5. The molecular weight excluding hydrogens is 320 g/mol. The van der Waals surface area contributed by atoms with Crippen LogP contribution in [0.25, 0.3) is 6.08 Å². The lowest BCUT2D eigenvalue weighted by Gasteiger charge is -2.19. The van der Waals surface area contributed by atoms with Crippen molar-refractivity contribution in [2.45, 2.75) is 13.3 Å². The molecule has 130 valence electrons. The van der Waals surface area contributed by atoms with Gasteiger partial charge in [0.2, 0.25) is 0 Å². The van der Waals surface area contributed by atoms with Gasteiger partial charge in [-0.2, -0.15) is 0 Å². The van der Waals surface area contributed by atoms with E-state index in [-0.39, 0.29) is 18.1 Å². The van der Waals surface area contributed by atoms with Gasteiger partial charge in [-0.25, -0.2) is 0 Å². The highest BCUT2D eigenvalue weighted by Gasteiger charge is 2.22. The van der Waals surface area contributed by atoms with Crippen molar-refractivity contribution in [2.75, 3.05) is 20.8 Å². The summed E-state index contributed by atoms with van der Waals surface area (Å²) in [6.45, 7) is 2.10. The third kappa shape index (κ3) is 3.05. The van der Waals surface area contributed by atoms with Crippen molar-refractivity contribution in [2.24, 2.45) is 0 Å². The van der Waals surface area contributed by atoms with Gasteiger partial charge in [0.1, 0.15) is 6.61 Å². The van der Waals surface area contributed by atoms with Crippen LogP contribution in [-0.2, 0) is 6.42 Å². The molecule has 0 radical (unpaired) electrons. The van der Waals surface area contributed by atoms with Gasteiger partial charge in [0.25, 0.3) is 0 Å². The quantitative estimate of drug-likeness (QED) is 0.842. The van der Waals surface area contributed by atoms with Gasteiger partial charge in [-0.05, 0) is 36.3 Å². The van der Waals surface area contributed by atoms with Gasteiger partial charge in [0.05, 0.1) is 14.2 Å². The topological polar surface area (TPSA) is 65.0 Å². The fourth-order valence-electron chi connectivity index (χ4n) is 2.95. The number of rotatable bonds is 5. The van der Waals surface area contributed by atoms with Crippen LogP contribution in [0.1, 0.15) is 28.4 Å². The first kappa shape index (κ1) is 16.9. The zero-order valence-corrected chi connectivity index (χ0v) is 14.5. The van der Waals surface area contributed by atoms with Crippen molar-refractivity contribution < 1.29 is 24.1 Å². The molecule has 0 fully saturated rings. The molecule has 25 heavy (non-hydrogen) atoms. The van der Waals surface area contributed by atoms with Gasteiger partial charge in [0, 0.05) is 16.7 Å². The third-order valence-corrected chi connectivity index (χ3v) is 4.22. The van der Waals surface area contributed by atoms with E-state index in [2.05, 4.69) is 0 Å². The van der Waals surface area contributed by atoms with Crippen LogP contribution in [0.5, 0.6) is 23.0 Å². The molecule has 1 heterocycles. The lowest BCUT2D eigenvalue weighted by atomic mass is 9.96. The first-order valence-corrected chi connectivity index (χ1v) is 8.04. The molecule has 1 N–H and O–H groups in total. The lowest BCUT2D eigenvalue weighted by molar-refractivity contribution is 0.102. The Labute approximate surface area is 146 Å². The predicted octanol–water partition coefficient (Wildman–Crippen LogP) is 3.63. The second-order valence-electron chi connectivity index (χ2n) is 5.71. The highest BCUT2D eigenvalue weighted by molar-refractivity contribution is 6.12. The first-order valence-electron chi connectivity index (χ1n) is 8.04. The van der Waals surface area contributed by atoms with Crippen LogP contribution >= 0.6 is 0 Å². The van der Waals surface area contributed by atoms with Crippen molar-refractivity contribution in [3.8, 4) is 23.0 Å². The number of fused-ring (bicyclic) bond motifs is 1. The van der Waals surface area contributed by atoms with Crippen molar-refractivity contribution in [3.63, 3.8) is 0 Å². The van der Waals surface area contributed by atoms with E-state index >= 15 is 0 Å². The number of hydrogen-bond acceptors (Lipinski definition) is 5. The van der Waals surface area contributed by atoms with Crippen molar-refractivity contribution in [1.82, 2.24) is 0 Å². The maximum atomic E-state index is 12.9. The van der Waals surface area contributed by atoms with Crippen LogP contribution in [0.4, 0.5) is 0 Å². The van der Waals surface area contributed by atoms with Crippen LogP contribution in [0, 0.1) is 0 Å². The minimum atomic E-state index is -0.135. The fourth-order valence-corrected chi connectivity index (χ4v) is 2.95. The standard InChI is InChI=1S/C20H20O5/c1-4-12-8-14(10-17(23-2)20(12)24-3)18(22)15-9-13-6-5-7-16(21)19(13)25-11-15/h5-10,21H,4,11H2,1-3H3. The Morgan fingerprint density at radius 1 is 1.24 bits per heavy atom. The van der Waals surface area contributed by atoms with Crippen LogP contribution in [0.15, 0.2) is 35.9 Å². The molecule has 1 aliphatic rings. The van der Waals surface area contributed by atoms with E-state index in [9.17, 15) is 9.90 Å². The number of benzene rings is 2. The second kappa shape index (κ2) is 6.89. The zero-order valence-electron chi connectivity index (χ0n) is 14.5. The van der Waals surface area contributed by atoms with Crippen LogP contribution < -0.4 is 14.2 Å². The molecule has 0 spiro atoms. The number of aryl methyl sites for hydroxylation is 1. The van der Waals surface area contributed by atoms with E-state index < -0.39 is 0 Å². The van der Waals surface area contributed by atoms with Gasteiger partial charge in [0.15, 0.2) is 28.8 Å². The zero-order chi connectivity index (χ0) is 18.0. The number of carbonyl (C=O) groups is 1. The summed E-state index contributed by atoms with van der Waals surface area (Å²) in [6, 6.07) is 8.57. The molecular formula is C20H20O5. The van der Waals surface area contributed by atoms with Gasteiger partial charge < -0.3 is 19.3 Å². The average molecular weight is 340 g/mol. The molecule has 0 aliphatic carbocycles. The fraction of sp³-hybridized carbons (Fsp3) is 0.250. The summed E-state index contributed by atoms with van der Waals surface area (Å²) in [6.07, 6.45) is 2.47. The number of ether oxygens (including phenoxy) is 3. The average Bonchev–Trinajstić information content (AvgIpc) is 2.66. The number of methoxy groups -OCH3 is 2. The molecule has 0 aromatic heterocycles. The number of ketones is 1. The molecule has 5 heteroatoms. The third-order valence-electron chi connectivity index (χ3n) is 4.22. The predicted molar refractivity (Wildman–Crippen MR) is 94.8 cm³/mol. The van der Waals surface area contributed by atoms with Crippen molar-refractivity contribution in [1.29, 1.82) is 0 Å². The summed E-state index contributed by atoms with van der Waals surface area (Å²) in [7, 11) is 3.13. The smallest absolute Gasteiger partial charge is 0.192 e. The van der Waals surface area contributed by atoms with E-state index in [1.807, 2.05) is 13.0 Å². The number of phenolic OH excluding ortho intramolecular Hbond substituents is 1. The Morgan fingerprint density at radius 3 is 2.72 bits per heavy atom. The molecule has 0 amide bonds. The first-order chi connectivity index (χ1) is 12.1. The molecule has 2 aromatic rings. The van der Waals surface area contributed by atoms with Crippen molar-refractivity contribution in [3.05, 3.63) is 52.6 Å². The molecule has 0 saturated heterocycles. The van der Waals surface area contributed by atoms with E-state index in [1.165, 1.54) is 0 Å². The summed E-state index contributed by atoms with van der Waals surface area (Å²) >= 11 is 0. The molecule has 5 nitrogen and oxygen atoms in total. The Hall–Kier alpha value is -2.95. The number of carbonyl (C=O) groups excluding carboxylic acids is 1. The second-order valence-corrected chi connectivity index (χ2v) is 5.71. The Morgan fingerprint density at radius 2 is 2.04 bits per heavy atom. The Kier molecular flexibility index (Phi) is 4.65. The molecule has 0 atom stereocenters. The number of phenols is 1. The van der Waals surface area contributed by atoms with E-state index in [1.54, 1.807) is 44.6 Å². The minimum absolute atomic E-state index is 0.0691. The largest absolute Gasteiger partial charge is 0.504 e. The lowest BCUT2D eigenvalue weighted by Crippen LogP contribution is -2.15. The van der Waals surface area contributed by atoms with Gasteiger partial charge in [-0.15, -0.1) is 0 Å². The van der Waals surface area contributed by atoms with E-state index in [0.717, 1.165) is 5.56 Å². The summed E-state index contributed by atoms with van der Waals surface area (Å²) in [5, 5.41) is 9.82. The Bertz CT molecular complexity index is 826. The summed E-state index contributed by atoms with van der Waals surface area (Å²) < 4.78 is 16.3. The molecule has 2 aromatic carbocycles. The molecule has 0 unspecified atom stereocenters. The van der Waals surface area contributed by atoms with Gasteiger partial charge >= 0.3 is 0 Å².